The second kappa shape index (κ2) is 9.01. The van der Waals surface area contributed by atoms with E-state index < -0.39 is 17.1 Å². The molecule has 0 bridgehead atoms. The molecular formula is C22H20N2O7S. The van der Waals surface area contributed by atoms with E-state index in [1.807, 2.05) is 6.92 Å². The van der Waals surface area contributed by atoms with Crippen molar-refractivity contribution >= 4 is 40.9 Å². The Labute approximate surface area is 187 Å². The van der Waals surface area contributed by atoms with Gasteiger partial charge in [-0.2, -0.15) is 0 Å². The van der Waals surface area contributed by atoms with E-state index >= 15 is 0 Å². The van der Waals surface area contributed by atoms with Gasteiger partial charge in [-0.25, -0.2) is 4.79 Å². The summed E-state index contributed by atoms with van der Waals surface area (Å²) in [5.41, 5.74) is 1.58. The summed E-state index contributed by atoms with van der Waals surface area (Å²) in [5, 5.41) is 8.70. The van der Waals surface area contributed by atoms with Crippen molar-refractivity contribution in [3.63, 3.8) is 0 Å². The number of carbonyl (C=O) groups is 4. The molecule has 3 heterocycles. The molecule has 9 nitrogen and oxygen atoms in total. The van der Waals surface area contributed by atoms with Crippen LogP contribution in [-0.4, -0.2) is 70.8 Å². The molecule has 2 aliphatic heterocycles. The SMILES string of the molecule is Cc1ccc(C(=O)O)cc1-c1ccc(/C=C2\SC(=O)N(CC(=O)N3CCOCC3)C2=O)o1. The number of imide groups is 1. The Kier molecular flexibility index (Phi) is 6.15. The summed E-state index contributed by atoms with van der Waals surface area (Å²) in [5.74, 6) is -1.11. The first kappa shape index (κ1) is 21.8. The number of hydrogen-bond acceptors (Lipinski definition) is 7. The maximum absolute atomic E-state index is 12.7. The first-order valence-corrected chi connectivity index (χ1v) is 10.7. The van der Waals surface area contributed by atoms with Crippen LogP contribution >= 0.6 is 11.8 Å². The smallest absolute Gasteiger partial charge is 0.335 e. The minimum Gasteiger partial charge on any atom is -0.478 e. The third kappa shape index (κ3) is 4.46. The molecule has 2 aromatic rings. The van der Waals surface area contributed by atoms with Gasteiger partial charge in [-0.15, -0.1) is 0 Å². The van der Waals surface area contributed by atoms with Crippen molar-refractivity contribution in [1.82, 2.24) is 9.80 Å². The Balaban J connectivity index is 1.50. The molecule has 32 heavy (non-hydrogen) atoms. The van der Waals surface area contributed by atoms with E-state index in [0.717, 1.165) is 22.2 Å². The molecule has 2 fully saturated rings. The molecule has 0 atom stereocenters. The highest BCUT2D eigenvalue weighted by Gasteiger charge is 2.37. The van der Waals surface area contributed by atoms with Crippen molar-refractivity contribution in [2.75, 3.05) is 32.8 Å². The van der Waals surface area contributed by atoms with Crippen molar-refractivity contribution in [3.05, 3.63) is 52.1 Å². The molecule has 2 saturated heterocycles. The number of morpholine rings is 1. The normalized spacial score (nSPS) is 18.0. The van der Waals surface area contributed by atoms with Gasteiger partial charge in [-0.3, -0.25) is 19.3 Å². The summed E-state index contributed by atoms with van der Waals surface area (Å²) >= 11 is 0.745. The van der Waals surface area contributed by atoms with E-state index in [0.29, 0.717) is 43.4 Å². The molecule has 0 radical (unpaired) electrons. The first-order chi connectivity index (χ1) is 15.3. The molecule has 1 aromatic carbocycles. The highest BCUT2D eigenvalue weighted by atomic mass is 32.2. The summed E-state index contributed by atoms with van der Waals surface area (Å²) in [6, 6.07) is 8.03. The van der Waals surface area contributed by atoms with Gasteiger partial charge in [0.1, 0.15) is 18.1 Å². The van der Waals surface area contributed by atoms with Crippen LogP contribution in [0.5, 0.6) is 0 Å². The molecule has 4 rings (SSSR count). The number of furan rings is 1. The molecule has 166 valence electrons. The number of benzene rings is 1. The van der Waals surface area contributed by atoms with E-state index in [1.54, 1.807) is 23.1 Å². The molecule has 0 saturated carbocycles. The van der Waals surface area contributed by atoms with Crippen LogP contribution in [0.1, 0.15) is 21.7 Å². The van der Waals surface area contributed by atoms with Gasteiger partial charge in [0.15, 0.2) is 0 Å². The Morgan fingerprint density at radius 3 is 2.62 bits per heavy atom. The van der Waals surface area contributed by atoms with Crippen molar-refractivity contribution < 1.29 is 33.4 Å². The number of aromatic carboxylic acids is 1. The number of aryl methyl sites for hydroxylation is 1. The van der Waals surface area contributed by atoms with Crippen LogP contribution in [0.25, 0.3) is 17.4 Å². The standard InChI is InChI=1S/C22H20N2O7S/c1-13-2-3-14(21(27)28)10-16(13)17-5-4-15(31-17)11-18-20(26)24(22(29)32-18)12-19(25)23-6-8-30-9-7-23/h2-5,10-11H,6-9,12H2,1H3,(H,27,28)/b18-11-. The number of carbonyl (C=O) groups excluding carboxylic acids is 3. The Bertz CT molecular complexity index is 1130. The quantitative estimate of drug-likeness (QED) is 0.683. The Hall–Kier alpha value is -3.37. The van der Waals surface area contributed by atoms with Gasteiger partial charge >= 0.3 is 5.97 Å². The topological polar surface area (TPSA) is 117 Å². The fourth-order valence-corrected chi connectivity index (χ4v) is 4.23. The van der Waals surface area contributed by atoms with Crippen molar-refractivity contribution in [2.45, 2.75) is 6.92 Å². The van der Waals surface area contributed by atoms with Gasteiger partial charge in [0.05, 0.1) is 23.7 Å². The van der Waals surface area contributed by atoms with Crippen LogP contribution < -0.4 is 0 Å². The fourth-order valence-electron chi connectivity index (χ4n) is 3.41. The van der Waals surface area contributed by atoms with E-state index in [4.69, 9.17) is 9.15 Å². The summed E-state index contributed by atoms with van der Waals surface area (Å²) in [7, 11) is 0. The second-order valence-electron chi connectivity index (χ2n) is 7.30. The van der Waals surface area contributed by atoms with Gasteiger partial charge in [-0.1, -0.05) is 6.07 Å². The molecule has 0 spiro atoms. The van der Waals surface area contributed by atoms with E-state index in [2.05, 4.69) is 0 Å². The maximum atomic E-state index is 12.7. The van der Waals surface area contributed by atoms with E-state index in [9.17, 15) is 24.3 Å². The van der Waals surface area contributed by atoms with Crippen LogP contribution in [0.3, 0.4) is 0 Å². The number of thioether (sulfide) groups is 1. The van der Waals surface area contributed by atoms with Gasteiger partial charge < -0.3 is 19.2 Å². The molecular weight excluding hydrogens is 436 g/mol. The number of rotatable bonds is 5. The third-order valence-electron chi connectivity index (χ3n) is 5.18. The highest BCUT2D eigenvalue weighted by Crippen LogP contribution is 2.34. The lowest BCUT2D eigenvalue weighted by molar-refractivity contribution is -0.139. The van der Waals surface area contributed by atoms with Crippen LogP contribution in [0, 0.1) is 6.92 Å². The minimum atomic E-state index is -1.04. The fraction of sp³-hybridized carbons (Fsp3) is 0.273. The van der Waals surface area contributed by atoms with Gasteiger partial charge in [0.2, 0.25) is 5.91 Å². The lowest BCUT2D eigenvalue weighted by Gasteiger charge is -2.27. The maximum Gasteiger partial charge on any atom is 0.335 e. The first-order valence-electron chi connectivity index (χ1n) is 9.88. The van der Waals surface area contributed by atoms with Crippen molar-refractivity contribution in [1.29, 1.82) is 0 Å². The minimum absolute atomic E-state index is 0.134. The molecule has 3 amide bonds. The Morgan fingerprint density at radius 1 is 1.16 bits per heavy atom. The molecule has 2 aliphatic rings. The summed E-state index contributed by atoms with van der Waals surface area (Å²) in [6.07, 6.45) is 1.45. The van der Waals surface area contributed by atoms with Crippen LogP contribution in [0.2, 0.25) is 0 Å². The zero-order chi connectivity index (χ0) is 22.8. The van der Waals surface area contributed by atoms with Crippen molar-refractivity contribution in [2.24, 2.45) is 0 Å². The second-order valence-corrected chi connectivity index (χ2v) is 8.29. The predicted octanol–water partition coefficient (Wildman–Crippen LogP) is 2.85. The van der Waals surface area contributed by atoms with Gasteiger partial charge in [0.25, 0.3) is 11.1 Å². The number of hydrogen-bond donors (Lipinski definition) is 1. The summed E-state index contributed by atoms with van der Waals surface area (Å²) in [6.45, 7) is 3.25. The zero-order valence-corrected chi connectivity index (χ0v) is 18.0. The molecule has 1 aromatic heterocycles. The van der Waals surface area contributed by atoms with E-state index in [1.165, 1.54) is 18.2 Å². The molecule has 10 heteroatoms. The van der Waals surface area contributed by atoms with E-state index in [-0.39, 0.29) is 22.9 Å². The van der Waals surface area contributed by atoms with Crippen LogP contribution in [0.4, 0.5) is 4.79 Å². The van der Waals surface area contributed by atoms with Gasteiger partial charge in [-0.05, 0) is 48.5 Å². The molecule has 1 N–H and O–H groups in total. The summed E-state index contributed by atoms with van der Waals surface area (Å²) < 4.78 is 11.0. The lowest BCUT2D eigenvalue weighted by atomic mass is 10.0. The molecule has 0 unspecified atom stereocenters. The monoisotopic (exact) mass is 456 g/mol. The lowest BCUT2D eigenvalue weighted by Crippen LogP contribution is -2.46. The third-order valence-corrected chi connectivity index (χ3v) is 6.09. The summed E-state index contributed by atoms with van der Waals surface area (Å²) in [4.78, 5) is 51.3. The highest BCUT2D eigenvalue weighted by molar-refractivity contribution is 8.18. The number of carboxylic acid groups (broad SMARTS) is 1. The largest absolute Gasteiger partial charge is 0.478 e. The number of ether oxygens (including phenoxy) is 1. The molecule has 0 aliphatic carbocycles. The number of carboxylic acids is 1. The number of amides is 3. The van der Waals surface area contributed by atoms with Crippen molar-refractivity contribution in [3.8, 4) is 11.3 Å². The average molecular weight is 456 g/mol. The van der Waals surface area contributed by atoms with Gasteiger partial charge in [0, 0.05) is 24.7 Å². The van der Waals surface area contributed by atoms with Crippen LogP contribution in [0.15, 0.2) is 39.7 Å². The predicted molar refractivity (Wildman–Crippen MR) is 116 cm³/mol. The zero-order valence-electron chi connectivity index (χ0n) is 17.2. The average Bonchev–Trinajstić information content (AvgIpc) is 3.34. The number of nitrogens with zero attached hydrogens (tertiary/aromatic N) is 2. The Morgan fingerprint density at radius 2 is 1.91 bits per heavy atom. The van der Waals surface area contributed by atoms with Crippen LogP contribution in [-0.2, 0) is 14.3 Å².